The third-order valence-electron chi connectivity index (χ3n) is 6.97. The van der Waals surface area contributed by atoms with Crippen molar-refractivity contribution >= 4 is 22.7 Å². The number of amides is 1. The first-order chi connectivity index (χ1) is 16.6. The number of hydrogen-bond donors (Lipinski definition) is 2. The Hall–Kier alpha value is -3.57. The van der Waals surface area contributed by atoms with Gasteiger partial charge in [-0.2, -0.15) is 5.26 Å². The summed E-state index contributed by atoms with van der Waals surface area (Å²) in [6.07, 6.45) is 12.4. The zero-order valence-corrected chi connectivity index (χ0v) is 20.1. The molecule has 2 aliphatic heterocycles. The van der Waals surface area contributed by atoms with Gasteiger partial charge in [0.05, 0.1) is 28.9 Å². The molecule has 2 atom stereocenters. The average Bonchev–Trinajstić information content (AvgIpc) is 3.41. The number of nitrogens with one attached hydrogen (secondary N) is 2. The number of hydrogen-bond acceptors (Lipinski definition) is 5. The number of ether oxygens (including phenoxy) is 1. The summed E-state index contributed by atoms with van der Waals surface area (Å²) < 4.78 is 19.9. The molecule has 2 N–H and O–H groups in total. The van der Waals surface area contributed by atoms with E-state index in [2.05, 4.69) is 35.2 Å². The number of aromatic amines is 1. The number of nitriles is 1. The molecule has 180 valence electrons. The zero-order chi connectivity index (χ0) is 24.8. The number of fused-ring (bicyclic) bond motifs is 2. The number of aromatic nitrogens is 3. The molecule has 7 nitrogen and oxygen atoms in total. The summed E-state index contributed by atoms with van der Waals surface area (Å²) in [5.41, 5.74) is 2.80. The predicted octanol–water partition coefficient (Wildman–Crippen LogP) is 5.36. The van der Waals surface area contributed by atoms with Crippen LogP contribution in [0.5, 0.6) is 0 Å². The Labute approximate surface area is 203 Å². The van der Waals surface area contributed by atoms with Crippen molar-refractivity contribution in [1.82, 2.24) is 15.0 Å². The summed E-state index contributed by atoms with van der Waals surface area (Å²) in [7, 11) is 0. The van der Waals surface area contributed by atoms with Gasteiger partial charge in [0.2, 0.25) is 0 Å². The van der Waals surface area contributed by atoms with Gasteiger partial charge in [0.1, 0.15) is 24.0 Å². The molecular formula is C27H28FN5O2. The van der Waals surface area contributed by atoms with Crippen LogP contribution in [0, 0.1) is 16.7 Å². The number of rotatable bonds is 5. The number of allylic oxidation sites excluding steroid dienone is 2. The second-order valence-electron chi connectivity index (χ2n) is 10.6. The Morgan fingerprint density at radius 2 is 2.11 bits per heavy atom. The van der Waals surface area contributed by atoms with Crippen LogP contribution in [0.3, 0.4) is 0 Å². The molecule has 0 spiro atoms. The Morgan fingerprint density at radius 1 is 1.29 bits per heavy atom. The summed E-state index contributed by atoms with van der Waals surface area (Å²) in [6.45, 7) is 5.79. The molecule has 2 bridgehead atoms. The standard InChI is InChI=1S/C27H28FN5O2/c1-25(2)8-6-17(7-9-25)22-21(33-24(34)23-30-15-19(14-29)31-23)5-4-20(32-22)18-12-26(3)10-11-27(13-18,16-28)35-26/h4-6,10-11,13,15H,7-9,12,16H2,1-3H3,(H,30,31)(H,33,34). The second kappa shape index (κ2) is 8.28. The highest BCUT2D eigenvalue weighted by Gasteiger charge is 2.45. The molecule has 1 aliphatic carbocycles. The first kappa shape index (κ1) is 23.2. The van der Waals surface area contributed by atoms with E-state index in [-0.39, 0.29) is 16.9 Å². The fourth-order valence-electron chi connectivity index (χ4n) is 4.94. The number of imidazole rings is 1. The normalized spacial score (nSPS) is 26.6. The zero-order valence-electron chi connectivity index (χ0n) is 20.1. The van der Waals surface area contributed by atoms with Crippen molar-refractivity contribution in [3.63, 3.8) is 0 Å². The number of anilines is 1. The van der Waals surface area contributed by atoms with Gasteiger partial charge < -0.3 is 15.0 Å². The molecule has 2 aromatic heterocycles. The number of pyridine rings is 1. The minimum atomic E-state index is -1.05. The van der Waals surface area contributed by atoms with Crippen LogP contribution in [0.15, 0.2) is 42.6 Å². The molecule has 0 saturated heterocycles. The molecule has 4 heterocycles. The molecule has 1 amide bonds. The van der Waals surface area contributed by atoms with Gasteiger partial charge in [-0.05, 0) is 67.0 Å². The van der Waals surface area contributed by atoms with E-state index >= 15 is 0 Å². The highest BCUT2D eigenvalue weighted by molar-refractivity contribution is 6.03. The first-order valence-corrected chi connectivity index (χ1v) is 11.8. The largest absolute Gasteiger partial charge is 0.353 e. The van der Waals surface area contributed by atoms with Crippen LogP contribution < -0.4 is 5.32 Å². The Kier molecular flexibility index (Phi) is 5.48. The number of carbonyl (C=O) groups is 1. The molecule has 2 unspecified atom stereocenters. The molecule has 2 aromatic rings. The smallest absolute Gasteiger partial charge is 0.291 e. The topological polar surface area (TPSA) is 104 Å². The quantitative estimate of drug-likeness (QED) is 0.569. The van der Waals surface area contributed by atoms with E-state index in [9.17, 15) is 9.18 Å². The van der Waals surface area contributed by atoms with Crippen molar-refractivity contribution in [3.05, 3.63) is 65.5 Å². The van der Waals surface area contributed by atoms with Crippen LogP contribution in [-0.2, 0) is 4.74 Å². The maximum Gasteiger partial charge on any atom is 0.291 e. The predicted molar refractivity (Wildman–Crippen MR) is 131 cm³/mol. The number of H-pyrrole nitrogens is 1. The second-order valence-corrected chi connectivity index (χ2v) is 10.6. The van der Waals surface area contributed by atoms with Crippen molar-refractivity contribution in [1.29, 1.82) is 5.26 Å². The van der Waals surface area contributed by atoms with Crippen LogP contribution in [0.4, 0.5) is 10.1 Å². The molecule has 3 aliphatic rings. The van der Waals surface area contributed by atoms with Gasteiger partial charge in [0.15, 0.2) is 5.82 Å². The van der Waals surface area contributed by atoms with Crippen LogP contribution in [0.25, 0.3) is 11.1 Å². The molecule has 35 heavy (non-hydrogen) atoms. The molecule has 0 saturated carbocycles. The van der Waals surface area contributed by atoms with Gasteiger partial charge in [-0.15, -0.1) is 0 Å². The van der Waals surface area contributed by atoms with E-state index < -0.39 is 23.8 Å². The Bertz CT molecular complexity index is 1330. The lowest BCUT2D eigenvalue weighted by Gasteiger charge is -2.36. The van der Waals surface area contributed by atoms with Crippen molar-refractivity contribution in [3.8, 4) is 6.07 Å². The summed E-state index contributed by atoms with van der Waals surface area (Å²) >= 11 is 0. The van der Waals surface area contributed by atoms with E-state index in [0.29, 0.717) is 17.8 Å². The molecular weight excluding hydrogens is 445 g/mol. The highest BCUT2D eigenvalue weighted by Crippen LogP contribution is 2.45. The van der Waals surface area contributed by atoms with Crippen molar-refractivity contribution in [2.45, 2.75) is 57.7 Å². The van der Waals surface area contributed by atoms with Gasteiger partial charge in [-0.1, -0.05) is 26.0 Å². The third kappa shape index (κ3) is 4.44. The summed E-state index contributed by atoms with van der Waals surface area (Å²) in [5.74, 6) is -0.390. The molecule has 0 radical (unpaired) electrons. The minimum absolute atomic E-state index is 0.0583. The SMILES string of the molecule is CC1(C)CC=C(c2nc(C3=CC4(CF)C=CC(C)(C3)O4)ccc2NC(=O)c2ncc(C#N)[nH]2)CC1. The fourth-order valence-corrected chi connectivity index (χ4v) is 4.94. The van der Waals surface area contributed by atoms with E-state index in [0.717, 1.165) is 36.1 Å². The minimum Gasteiger partial charge on any atom is -0.353 e. The van der Waals surface area contributed by atoms with E-state index in [1.165, 1.54) is 6.20 Å². The highest BCUT2D eigenvalue weighted by atomic mass is 19.1. The van der Waals surface area contributed by atoms with Gasteiger partial charge >= 0.3 is 0 Å². The summed E-state index contributed by atoms with van der Waals surface area (Å²) in [6, 6.07) is 5.62. The van der Waals surface area contributed by atoms with Crippen molar-refractivity contribution in [2.75, 3.05) is 12.0 Å². The van der Waals surface area contributed by atoms with Crippen molar-refractivity contribution < 1.29 is 13.9 Å². The van der Waals surface area contributed by atoms with Crippen LogP contribution >= 0.6 is 0 Å². The lowest BCUT2D eigenvalue weighted by Crippen LogP contribution is -2.39. The van der Waals surface area contributed by atoms with Gasteiger partial charge in [0.25, 0.3) is 5.91 Å². The van der Waals surface area contributed by atoms with Crippen molar-refractivity contribution in [2.24, 2.45) is 5.41 Å². The van der Waals surface area contributed by atoms with Gasteiger partial charge in [-0.25, -0.2) is 14.4 Å². The van der Waals surface area contributed by atoms with Crippen LogP contribution in [0.2, 0.25) is 0 Å². The molecule has 5 rings (SSSR count). The maximum atomic E-state index is 13.9. The average molecular weight is 474 g/mol. The summed E-state index contributed by atoms with van der Waals surface area (Å²) in [5, 5.41) is 11.9. The lowest BCUT2D eigenvalue weighted by molar-refractivity contribution is -0.0668. The lowest BCUT2D eigenvalue weighted by atomic mass is 9.77. The maximum absolute atomic E-state index is 13.9. The Morgan fingerprint density at radius 3 is 2.80 bits per heavy atom. The van der Waals surface area contributed by atoms with Crippen LogP contribution in [0.1, 0.15) is 74.2 Å². The van der Waals surface area contributed by atoms with Gasteiger partial charge in [0, 0.05) is 6.42 Å². The first-order valence-electron chi connectivity index (χ1n) is 11.8. The van der Waals surface area contributed by atoms with E-state index in [1.54, 1.807) is 6.08 Å². The fraction of sp³-hybridized carbons (Fsp3) is 0.407. The number of nitrogens with zero attached hydrogens (tertiary/aromatic N) is 3. The van der Waals surface area contributed by atoms with E-state index in [1.807, 2.05) is 37.3 Å². The molecule has 8 heteroatoms. The molecule has 0 aromatic carbocycles. The van der Waals surface area contributed by atoms with Gasteiger partial charge in [-0.3, -0.25) is 4.79 Å². The number of alkyl halides is 1. The monoisotopic (exact) mass is 473 g/mol. The molecule has 0 fully saturated rings. The number of halogens is 1. The third-order valence-corrected chi connectivity index (χ3v) is 6.97. The summed E-state index contributed by atoms with van der Waals surface area (Å²) in [4.78, 5) is 24.5. The van der Waals surface area contributed by atoms with E-state index in [4.69, 9.17) is 15.0 Å². The Balaban J connectivity index is 1.52. The number of carbonyl (C=O) groups excluding carboxylic acids is 1. The van der Waals surface area contributed by atoms with Crippen LogP contribution in [-0.4, -0.2) is 38.7 Å².